The predicted octanol–water partition coefficient (Wildman–Crippen LogP) is 4.33. The quantitative estimate of drug-likeness (QED) is 0.685. The van der Waals surface area contributed by atoms with Gasteiger partial charge in [0.25, 0.3) is 5.91 Å². The van der Waals surface area contributed by atoms with Crippen molar-refractivity contribution in [2.24, 2.45) is 5.92 Å². The highest BCUT2D eigenvalue weighted by Gasteiger charge is 2.15. The van der Waals surface area contributed by atoms with Crippen LogP contribution in [0.3, 0.4) is 0 Å². The fourth-order valence-corrected chi connectivity index (χ4v) is 2.64. The number of carbonyl (C=O) groups excluding carboxylic acids is 2. The third-order valence-corrected chi connectivity index (χ3v) is 4.26. The monoisotopic (exact) mass is 340 g/mol. The highest BCUT2D eigenvalue weighted by atomic mass is 16.3. The number of amides is 2. The van der Waals surface area contributed by atoms with Crippen LogP contribution in [0.25, 0.3) is 0 Å². The van der Waals surface area contributed by atoms with Crippen LogP contribution in [0.4, 0.5) is 11.4 Å². The Hall–Kier alpha value is -2.82. The van der Waals surface area contributed by atoms with Gasteiger partial charge in [-0.3, -0.25) is 9.59 Å². The normalized spacial score (nSPS) is 10.6. The van der Waals surface area contributed by atoms with Crippen LogP contribution in [0.15, 0.2) is 42.5 Å². The lowest BCUT2D eigenvalue weighted by Gasteiger charge is -2.14. The Labute approximate surface area is 148 Å². The minimum atomic E-state index is -0.290. The van der Waals surface area contributed by atoms with E-state index in [-0.39, 0.29) is 23.5 Å². The lowest BCUT2D eigenvalue weighted by molar-refractivity contribution is -0.120. The van der Waals surface area contributed by atoms with E-state index in [1.54, 1.807) is 24.3 Å². The molecule has 0 aromatic heterocycles. The molecule has 2 amide bonds. The molecule has 25 heavy (non-hydrogen) atoms. The smallest absolute Gasteiger partial charge is 0.256 e. The van der Waals surface area contributed by atoms with Crippen LogP contribution < -0.4 is 10.6 Å². The molecule has 3 N–H and O–H groups in total. The highest BCUT2D eigenvalue weighted by Crippen LogP contribution is 2.28. The van der Waals surface area contributed by atoms with Crippen LogP contribution in [0.1, 0.15) is 42.6 Å². The number of phenolic OH excluding ortho intramolecular Hbond substituents is 1. The molecule has 0 atom stereocenters. The van der Waals surface area contributed by atoms with Crippen LogP contribution in [0.5, 0.6) is 5.75 Å². The van der Waals surface area contributed by atoms with Crippen molar-refractivity contribution >= 4 is 23.2 Å². The molecule has 2 aromatic carbocycles. The summed E-state index contributed by atoms with van der Waals surface area (Å²) in [6, 6.07) is 11.9. The zero-order valence-electron chi connectivity index (χ0n) is 14.8. The first-order chi connectivity index (χ1) is 12.0. The van der Waals surface area contributed by atoms with Gasteiger partial charge < -0.3 is 15.7 Å². The molecule has 0 heterocycles. The Morgan fingerprint density at radius 3 is 2.32 bits per heavy atom. The summed E-state index contributed by atoms with van der Waals surface area (Å²) in [5.41, 5.74) is 2.21. The van der Waals surface area contributed by atoms with Crippen molar-refractivity contribution in [3.05, 3.63) is 53.6 Å². The van der Waals surface area contributed by atoms with Crippen molar-refractivity contribution in [3.63, 3.8) is 0 Å². The lowest BCUT2D eigenvalue weighted by Crippen LogP contribution is -2.21. The maximum absolute atomic E-state index is 12.3. The minimum Gasteiger partial charge on any atom is -0.506 e. The number of benzene rings is 2. The number of rotatable bonds is 6. The Bertz CT molecular complexity index is 767. The molecular formula is C20H24N2O3. The molecule has 0 saturated heterocycles. The van der Waals surface area contributed by atoms with E-state index in [0.29, 0.717) is 16.9 Å². The third kappa shape index (κ3) is 4.59. The van der Waals surface area contributed by atoms with Crippen LogP contribution >= 0.6 is 0 Å². The predicted molar refractivity (Wildman–Crippen MR) is 99.9 cm³/mol. The van der Waals surface area contributed by atoms with Gasteiger partial charge in [-0.15, -0.1) is 0 Å². The molecule has 0 spiro atoms. The third-order valence-electron chi connectivity index (χ3n) is 4.26. The van der Waals surface area contributed by atoms with Crippen molar-refractivity contribution in [3.8, 4) is 5.75 Å². The van der Waals surface area contributed by atoms with Gasteiger partial charge in [0.05, 0.1) is 5.69 Å². The summed E-state index contributed by atoms with van der Waals surface area (Å²) in [4.78, 5) is 24.4. The van der Waals surface area contributed by atoms with E-state index < -0.39 is 0 Å². The van der Waals surface area contributed by atoms with Crippen LogP contribution in [-0.2, 0) is 4.79 Å². The SMILES string of the molecule is CCC(CC)C(=O)Nc1ccc(NC(=O)c2ccccc2C)c(O)c1. The fourth-order valence-electron chi connectivity index (χ4n) is 2.64. The van der Waals surface area contributed by atoms with Crippen LogP contribution in [0, 0.1) is 12.8 Å². The Balaban J connectivity index is 2.11. The van der Waals surface area contributed by atoms with Gasteiger partial charge in [-0.1, -0.05) is 32.0 Å². The second kappa shape index (κ2) is 8.33. The van der Waals surface area contributed by atoms with Gasteiger partial charge in [-0.25, -0.2) is 0 Å². The van der Waals surface area contributed by atoms with Crippen LogP contribution in [-0.4, -0.2) is 16.9 Å². The second-order valence-corrected chi connectivity index (χ2v) is 6.00. The molecule has 5 nitrogen and oxygen atoms in total. The number of anilines is 2. The molecule has 0 saturated carbocycles. The van der Waals surface area contributed by atoms with Crippen molar-refractivity contribution < 1.29 is 14.7 Å². The number of hydrogen-bond acceptors (Lipinski definition) is 3. The number of nitrogens with one attached hydrogen (secondary N) is 2. The fraction of sp³-hybridized carbons (Fsp3) is 0.300. The average Bonchev–Trinajstić information content (AvgIpc) is 2.58. The average molecular weight is 340 g/mol. The molecule has 2 rings (SSSR count). The second-order valence-electron chi connectivity index (χ2n) is 6.00. The summed E-state index contributed by atoms with van der Waals surface area (Å²) in [6.07, 6.45) is 1.53. The summed E-state index contributed by atoms with van der Waals surface area (Å²) in [6.45, 7) is 5.79. The summed E-state index contributed by atoms with van der Waals surface area (Å²) in [7, 11) is 0. The molecule has 0 aliphatic heterocycles. The molecule has 2 aromatic rings. The molecule has 0 aliphatic rings. The van der Waals surface area contributed by atoms with Gasteiger partial charge in [-0.2, -0.15) is 0 Å². The van der Waals surface area contributed by atoms with E-state index in [1.807, 2.05) is 32.9 Å². The number of phenols is 1. The summed E-state index contributed by atoms with van der Waals surface area (Å²) in [5.74, 6) is -0.504. The number of aromatic hydroxyl groups is 1. The van der Waals surface area contributed by atoms with Gasteiger partial charge in [0.15, 0.2) is 0 Å². The molecular weight excluding hydrogens is 316 g/mol. The highest BCUT2D eigenvalue weighted by molar-refractivity contribution is 6.06. The first-order valence-corrected chi connectivity index (χ1v) is 8.47. The zero-order valence-corrected chi connectivity index (χ0v) is 14.8. The van der Waals surface area contributed by atoms with Gasteiger partial charge in [0.2, 0.25) is 5.91 Å². The largest absolute Gasteiger partial charge is 0.506 e. The van der Waals surface area contributed by atoms with Crippen molar-refractivity contribution in [2.75, 3.05) is 10.6 Å². The van der Waals surface area contributed by atoms with Gasteiger partial charge in [-0.05, 0) is 43.5 Å². The number of aryl methyl sites for hydroxylation is 1. The van der Waals surface area contributed by atoms with E-state index in [0.717, 1.165) is 18.4 Å². The maximum atomic E-state index is 12.3. The first-order valence-electron chi connectivity index (χ1n) is 8.47. The Morgan fingerprint density at radius 1 is 1.04 bits per heavy atom. The first kappa shape index (κ1) is 18.5. The number of carbonyl (C=O) groups is 2. The molecule has 0 fully saturated rings. The summed E-state index contributed by atoms with van der Waals surface area (Å²) in [5, 5.41) is 15.6. The van der Waals surface area contributed by atoms with Crippen molar-refractivity contribution in [2.45, 2.75) is 33.6 Å². The van der Waals surface area contributed by atoms with E-state index in [2.05, 4.69) is 10.6 Å². The maximum Gasteiger partial charge on any atom is 0.256 e. The summed E-state index contributed by atoms with van der Waals surface area (Å²) < 4.78 is 0. The van der Waals surface area contributed by atoms with Gasteiger partial charge in [0.1, 0.15) is 5.75 Å². The van der Waals surface area contributed by atoms with Gasteiger partial charge in [0, 0.05) is 23.2 Å². The number of hydrogen-bond donors (Lipinski definition) is 3. The summed E-state index contributed by atoms with van der Waals surface area (Å²) >= 11 is 0. The topological polar surface area (TPSA) is 78.4 Å². The van der Waals surface area contributed by atoms with Crippen LogP contribution in [0.2, 0.25) is 0 Å². The van der Waals surface area contributed by atoms with Gasteiger partial charge >= 0.3 is 0 Å². The van der Waals surface area contributed by atoms with E-state index in [9.17, 15) is 14.7 Å². The van der Waals surface area contributed by atoms with E-state index in [4.69, 9.17) is 0 Å². The molecule has 0 bridgehead atoms. The molecule has 0 aliphatic carbocycles. The van der Waals surface area contributed by atoms with E-state index >= 15 is 0 Å². The van der Waals surface area contributed by atoms with Crippen molar-refractivity contribution in [1.82, 2.24) is 0 Å². The van der Waals surface area contributed by atoms with E-state index in [1.165, 1.54) is 6.07 Å². The molecule has 132 valence electrons. The molecule has 0 radical (unpaired) electrons. The Morgan fingerprint density at radius 2 is 1.72 bits per heavy atom. The lowest BCUT2D eigenvalue weighted by atomic mass is 10.0. The Kier molecular flexibility index (Phi) is 6.17. The molecule has 0 unspecified atom stereocenters. The van der Waals surface area contributed by atoms with Crippen molar-refractivity contribution in [1.29, 1.82) is 0 Å². The standard InChI is InChI=1S/C20H24N2O3/c1-4-14(5-2)19(24)21-15-10-11-17(18(23)12-15)22-20(25)16-9-7-6-8-13(16)3/h6-12,14,23H,4-5H2,1-3H3,(H,21,24)(H,22,25). The minimum absolute atomic E-state index is 0.0532. The molecule has 5 heteroatoms. The zero-order chi connectivity index (χ0) is 18.4.